The van der Waals surface area contributed by atoms with Gasteiger partial charge in [-0.25, -0.2) is 4.98 Å². The third-order valence-corrected chi connectivity index (χ3v) is 3.38. The van der Waals surface area contributed by atoms with Crippen LogP contribution < -0.4 is 5.32 Å². The lowest BCUT2D eigenvalue weighted by Crippen LogP contribution is -2.25. The van der Waals surface area contributed by atoms with Crippen LogP contribution in [0.15, 0.2) is 0 Å². The van der Waals surface area contributed by atoms with E-state index in [0.29, 0.717) is 6.04 Å². The van der Waals surface area contributed by atoms with Crippen LogP contribution in [0.5, 0.6) is 0 Å². The number of nitrogens with one attached hydrogen (secondary N) is 1. The highest BCUT2D eigenvalue weighted by Crippen LogP contribution is 2.24. The summed E-state index contributed by atoms with van der Waals surface area (Å²) in [6.45, 7) is 10.7. The van der Waals surface area contributed by atoms with Crippen LogP contribution in [0, 0.1) is 13.8 Å². The highest BCUT2D eigenvalue weighted by molar-refractivity contribution is 7.11. The Hall–Kier alpha value is -0.450. The zero-order valence-electron chi connectivity index (χ0n) is 9.96. The molecule has 1 N–H and O–H groups in total. The predicted octanol–water partition coefficient (Wildman–Crippen LogP) is 2.45. The largest absolute Gasteiger partial charge is 0.380 e. The van der Waals surface area contributed by atoms with Gasteiger partial charge >= 0.3 is 0 Å². The second-order valence-corrected chi connectivity index (χ2v) is 4.69. The number of aryl methyl sites for hydroxylation is 2. The van der Waals surface area contributed by atoms with Gasteiger partial charge < -0.3 is 10.1 Å². The van der Waals surface area contributed by atoms with Crippen molar-refractivity contribution in [3.05, 3.63) is 15.6 Å². The zero-order chi connectivity index (χ0) is 11.3. The normalized spacial score (nSPS) is 13.1. The van der Waals surface area contributed by atoms with E-state index in [-0.39, 0.29) is 0 Å². The lowest BCUT2D eigenvalue weighted by atomic mass is 10.2. The molecular formula is C11H20N2OS. The van der Waals surface area contributed by atoms with Crippen LogP contribution in [0.1, 0.15) is 35.5 Å². The first-order valence-electron chi connectivity index (χ1n) is 5.44. The van der Waals surface area contributed by atoms with Crippen molar-refractivity contribution >= 4 is 11.3 Å². The van der Waals surface area contributed by atoms with Gasteiger partial charge in [-0.1, -0.05) is 6.92 Å². The first-order valence-corrected chi connectivity index (χ1v) is 6.25. The number of hydrogen-bond donors (Lipinski definition) is 1. The molecule has 1 atom stereocenters. The third kappa shape index (κ3) is 3.55. The average molecular weight is 228 g/mol. The quantitative estimate of drug-likeness (QED) is 0.812. The molecule has 0 saturated carbocycles. The zero-order valence-corrected chi connectivity index (χ0v) is 10.8. The summed E-state index contributed by atoms with van der Waals surface area (Å²) in [6, 6.07) is 0.293. The third-order valence-electron chi connectivity index (χ3n) is 2.20. The maximum Gasteiger partial charge on any atom is 0.0900 e. The average Bonchev–Trinajstić information content (AvgIpc) is 2.52. The number of rotatable bonds is 6. The van der Waals surface area contributed by atoms with E-state index in [2.05, 4.69) is 24.1 Å². The van der Waals surface area contributed by atoms with Crippen LogP contribution in [-0.2, 0) is 4.74 Å². The summed E-state index contributed by atoms with van der Waals surface area (Å²) in [5.74, 6) is 0. The van der Waals surface area contributed by atoms with Gasteiger partial charge in [-0.05, 0) is 27.3 Å². The van der Waals surface area contributed by atoms with Gasteiger partial charge in [0.2, 0.25) is 0 Å². The maximum atomic E-state index is 5.48. The van der Waals surface area contributed by atoms with Crippen LogP contribution in [0.4, 0.5) is 0 Å². The molecule has 0 aliphatic rings. The van der Waals surface area contributed by atoms with Gasteiger partial charge in [0, 0.05) is 11.5 Å². The van der Waals surface area contributed by atoms with E-state index in [9.17, 15) is 0 Å². The van der Waals surface area contributed by atoms with Gasteiger partial charge in [0.1, 0.15) is 0 Å². The lowest BCUT2D eigenvalue weighted by Gasteiger charge is -2.16. The molecule has 0 aromatic carbocycles. The fourth-order valence-corrected chi connectivity index (χ4v) is 2.57. The molecule has 15 heavy (non-hydrogen) atoms. The molecule has 3 nitrogen and oxygen atoms in total. The molecule has 0 radical (unpaired) electrons. The molecule has 1 unspecified atom stereocenters. The molecule has 1 rings (SSSR count). The monoisotopic (exact) mass is 228 g/mol. The Balaban J connectivity index is 2.73. The summed E-state index contributed by atoms with van der Waals surface area (Å²) in [7, 11) is 0. The summed E-state index contributed by atoms with van der Waals surface area (Å²) in [6.07, 6.45) is 0. The lowest BCUT2D eigenvalue weighted by molar-refractivity contribution is 0.124. The van der Waals surface area contributed by atoms with Crippen molar-refractivity contribution in [2.75, 3.05) is 19.8 Å². The first-order chi connectivity index (χ1) is 7.19. The number of ether oxygens (including phenoxy) is 1. The summed E-state index contributed by atoms with van der Waals surface area (Å²) < 4.78 is 5.48. The molecule has 0 spiro atoms. The van der Waals surface area contributed by atoms with Gasteiger partial charge in [0.25, 0.3) is 0 Å². The summed E-state index contributed by atoms with van der Waals surface area (Å²) in [5.41, 5.74) is 1.13. The van der Waals surface area contributed by atoms with Crippen molar-refractivity contribution < 1.29 is 4.74 Å². The van der Waals surface area contributed by atoms with Gasteiger partial charge in [0.05, 0.1) is 23.4 Å². The van der Waals surface area contributed by atoms with Crippen LogP contribution in [-0.4, -0.2) is 24.7 Å². The molecule has 4 heteroatoms. The fraction of sp³-hybridized carbons (Fsp3) is 0.727. The molecule has 1 aromatic rings. The minimum Gasteiger partial charge on any atom is -0.380 e. The molecule has 86 valence electrons. The molecule has 1 heterocycles. The molecule has 0 saturated heterocycles. The van der Waals surface area contributed by atoms with Gasteiger partial charge in [-0.2, -0.15) is 0 Å². The van der Waals surface area contributed by atoms with Crippen LogP contribution in [0.3, 0.4) is 0 Å². The molecule has 0 amide bonds. The first kappa shape index (κ1) is 12.6. The Morgan fingerprint density at radius 1 is 1.40 bits per heavy atom. The highest BCUT2D eigenvalue weighted by Gasteiger charge is 2.16. The minimum absolute atomic E-state index is 0.293. The number of hydrogen-bond acceptors (Lipinski definition) is 4. The Labute approximate surface area is 95.9 Å². The highest BCUT2D eigenvalue weighted by atomic mass is 32.1. The molecule has 0 aliphatic heterocycles. The van der Waals surface area contributed by atoms with Gasteiger partial charge in [-0.3, -0.25) is 0 Å². The Morgan fingerprint density at radius 3 is 2.60 bits per heavy atom. The Bertz CT molecular complexity index is 299. The smallest absolute Gasteiger partial charge is 0.0900 e. The second-order valence-electron chi connectivity index (χ2n) is 3.45. The van der Waals surface area contributed by atoms with Crippen LogP contribution in [0.2, 0.25) is 0 Å². The molecule has 1 aromatic heterocycles. The van der Waals surface area contributed by atoms with Crippen LogP contribution in [0.25, 0.3) is 0 Å². The topological polar surface area (TPSA) is 34.1 Å². The molecule has 0 aliphatic carbocycles. The van der Waals surface area contributed by atoms with Crippen molar-refractivity contribution in [2.24, 2.45) is 0 Å². The molecule has 0 fully saturated rings. The Morgan fingerprint density at radius 2 is 2.13 bits per heavy atom. The van der Waals surface area contributed by atoms with E-state index < -0.39 is 0 Å². The van der Waals surface area contributed by atoms with E-state index in [0.717, 1.165) is 30.5 Å². The predicted molar refractivity (Wildman–Crippen MR) is 64.5 cm³/mol. The summed E-state index contributed by atoms with van der Waals surface area (Å²) in [5, 5.41) is 4.56. The second kappa shape index (κ2) is 6.20. The fourth-order valence-electron chi connectivity index (χ4n) is 1.58. The number of likely N-dealkylation sites (N-methyl/N-ethyl adjacent to an activating group) is 1. The van der Waals surface area contributed by atoms with E-state index in [1.165, 1.54) is 4.88 Å². The van der Waals surface area contributed by atoms with Crippen molar-refractivity contribution in [1.82, 2.24) is 10.3 Å². The van der Waals surface area contributed by atoms with Crippen molar-refractivity contribution in [2.45, 2.75) is 33.7 Å². The minimum atomic E-state index is 0.293. The van der Waals surface area contributed by atoms with Crippen molar-refractivity contribution in [1.29, 1.82) is 0 Å². The van der Waals surface area contributed by atoms with Crippen molar-refractivity contribution in [3.63, 3.8) is 0 Å². The number of thiazole rings is 1. The number of nitrogens with zero attached hydrogens (tertiary/aromatic N) is 1. The van der Waals surface area contributed by atoms with Gasteiger partial charge in [0.15, 0.2) is 0 Å². The van der Waals surface area contributed by atoms with E-state index in [1.54, 1.807) is 11.3 Å². The van der Waals surface area contributed by atoms with E-state index in [1.807, 2.05) is 13.8 Å². The Kier molecular flexibility index (Phi) is 5.22. The maximum absolute atomic E-state index is 5.48. The number of aromatic nitrogens is 1. The standard InChI is InChI=1S/C11H20N2OS/c1-5-12-10(7-14-6-2)11-8(3)13-9(4)15-11/h10,12H,5-7H2,1-4H3. The van der Waals surface area contributed by atoms with Crippen LogP contribution >= 0.6 is 11.3 Å². The molecule has 0 bridgehead atoms. The van der Waals surface area contributed by atoms with Crippen molar-refractivity contribution in [3.8, 4) is 0 Å². The van der Waals surface area contributed by atoms with E-state index in [4.69, 9.17) is 4.74 Å². The van der Waals surface area contributed by atoms with Gasteiger partial charge in [-0.15, -0.1) is 11.3 Å². The SMILES string of the molecule is CCNC(COCC)c1sc(C)nc1C. The summed E-state index contributed by atoms with van der Waals surface area (Å²) in [4.78, 5) is 5.75. The van der Waals surface area contributed by atoms with E-state index >= 15 is 0 Å². The molecular weight excluding hydrogens is 208 g/mol. The summed E-state index contributed by atoms with van der Waals surface area (Å²) >= 11 is 1.76.